The minimum atomic E-state index is -3.95. The van der Waals surface area contributed by atoms with Gasteiger partial charge in [0.05, 0.1) is 0 Å². The monoisotopic (exact) mass is 272 g/mol. The van der Waals surface area contributed by atoms with E-state index in [-0.39, 0.29) is 5.03 Å². The van der Waals surface area contributed by atoms with Crippen LogP contribution in [0.2, 0.25) is 0 Å². The standard InChI is InChI=1S/C9H8N2O4S2/c1-5-3-2-4-6(10-5)17(14,15)8-7(12)11-9(13)16-8/h2-4,12H,1H3,(H,11,13). The zero-order chi connectivity index (χ0) is 12.6. The van der Waals surface area contributed by atoms with Crippen LogP contribution in [-0.4, -0.2) is 23.5 Å². The maximum atomic E-state index is 12.0. The molecule has 0 aliphatic heterocycles. The molecule has 0 aromatic carbocycles. The molecule has 90 valence electrons. The highest BCUT2D eigenvalue weighted by atomic mass is 32.2. The average Bonchev–Trinajstić information content (AvgIpc) is 2.58. The van der Waals surface area contributed by atoms with Gasteiger partial charge in [-0.05, 0) is 19.1 Å². The lowest BCUT2D eigenvalue weighted by molar-refractivity contribution is 0.442. The largest absolute Gasteiger partial charge is 0.493 e. The van der Waals surface area contributed by atoms with Crippen molar-refractivity contribution in [2.24, 2.45) is 0 Å². The van der Waals surface area contributed by atoms with Crippen molar-refractivity contribution in [3.05, 3.63) is 33.6 Å². The fourth-order valence-electron chi connectivity index (χ4n) is 1.25. The molecule has 0 aliphatic rings. The van der Waals surface area contributed by atoms with E-state index < -0.39 is 24.8 Å². The first kappa shape index (κ1) is 11.8. The van der Waals surface area contributed by atoms with E-state index >= 15 is 0 Å². The van der Waals surface area contributed by atoms with E-state index in [1.165, 1.54) is 6.07 Å². The van der Waals surface area contributed by atoms with Crippen molar-refractivity contribution >= 4 is 21.2 Å². The number of nitrogens with one attached hydrogen (secondary N) is 1. The van der Waals surface area contributed by atoms with Crippen LogP contribution in [0.5, 0.6) is 5.88 Å². The minimum Gasteiger partial charge on any atom is -0.493 e. The number of hydrogen-bond donors (Lipinski definition) is 2. The number of sulfone groups is 1. The molecule has 0 saturated heterocycles. The molecular formula is C9H8N2O4S2. The summed E-state index contributed by atoms with van der Waals surface area (Å²) in [7, 11) is -3.95. The van der Waals surface area contributed by atoms with Gasteiger partial charge in [-0.25, -0.2) is 13.4 Å². The van der Waals surface area contributed by atoms with Gasteiger partial charge in [-0.2, -0.15) is 0 Å². The number of thiazole rings is 1. The fourth-order valence-corrected chi connectivity index (χ4v) is 3.65. The van der Waals surface area contributed by atoms with Crippen molar-refractivity contribution in [3.8, 4) is 5.88 Å². The lowest BCUT2D eigenvalue weighted by atomic mass is 10.4. The van der Waals surface area contributed by atoms with E-state index in [2.05, 4.69) is 4.98 Å². The number of aryl methyl sites for hydroxylation is 1. The number of aromatic nitrogens is 2. The Morgan fingerprint density at radius 2 is 2.12 bits per heavy atom. The highest BCUT2D eigenvalue weighted by Gasteiger charge is 2.26. The van der Waals surface area contributed by atoms with E-state index in [1.54, 1.807) is 19.1 Å². The summed E-state index contributed by atoms with van der Waals surface area (Å²) >= 11 is 0.433. The van der Waals surface area contributed by atoms with Crippen LogP contribution in [0, 0.1) is 6.92 Å². The zero-order valence-corrected chi connectivity index (χ0v) is 10.3. The summed E-state index contributed by atoms with van der Waals surface area (Å²) in [5, 5.41) is 9.15. The number of hydrogen-bond acceptors (Lipinski definition) is 6. The van der Waals surface area contributed by atoms with Gasteiger partial charge in [-0.15, -0.1) is 0 Å². The topological polar surface area (TPSA) is 100 Å². The van der Waals surface area contributed by atoms with Crippen molar-refractivity contribution in [1.29, 1.82) is 0 Å². The first-order valence-corrected chi connectivity index (χ1v) is 6.82. The van der Waals surface area contributed by atoms with Gasteiger partial charge in [0.2, 0.25) is 15.7 Å². The molecule has 0 aliphatic carbocycles. The molecule has 0 fully saturated rings. The molecule has 0 unspecified atom stereocenters. The van der Waals surface area contributed by atoms with E-state index in [0.717, 1.165) is 0 Å². The Morgan fingerprint density at radius 1 is 1.41 bits per heavy atom. The molecule has 6 nitrogen and oxygen atoms in total. The Balaban J connectivity index is 2.66. The Morgan fingerprint density at radius 3 is 2.65 bits per heavy atom. The molecule has 2 aromatic rings. The van der Waals surface area contributed by atoms with Crippen LogP contribution in [0.25, 0.3) is 0 Å². The van der Waals surface area contributed by atoms with Crippen LogP contribution in [0.3, 0.4) is 0 Å². The Hall–Kier alpha value is -1.67. The number of aromatic amines is 1. The molecule has 0 spiro atoms. The third kappa shape index (κ3) is 2.08. The number of rotatable bonds is 2. The predicted molar refractivity (Wildman–Crippen MR) is 61.0 cm³/mol. The van der Waals surface area contributed by atoms with E-state index in [4.69, 9.17) is 0 Å². The summed E-state index contributed by atoms with van der Waals surface area (Å²) < 4.78 is 23.7. The van der Waals surface area contributed by atoms with Crippen molar-refractivity contribution in [3.63, 3.8) is 0 Å². The SMILES string of the molecule is Cc1cccc(S(=O)(=O)c2sc(=O)[nH]c2O)n1. The molecule has 0 saturated carbocycles. The second-order valence-electron chi connectivity index (χ2n) is 3.27. The van der Waals surface area contributed by atoms with Gasteiger partial charge in [-0.1, -0.05) is 17.4 Å². The number of aromatic hydroxyl groups is 1. The average molecular weight is 272 g/mol. The zero-order valence-electron chi connectivity index (χ0n) is 8.67. The molecule has 0 amide bonds. The molecular weight excluding hydrogens is 264 g/mol. The van der Waals surface area contributed by atoms with Gasteiger partial charge in [-0.3, -0.25) is 9.78 Å². The lowest BCUT2D eigenvalue weighted by Gasteiger charge is -2.01. The maximum Gasteiger partial charge on any atom is 0.308 e. The first-order chi connectivity index (χ1) is 7.91. The summed E-state index contributed by atoms with van der Waals surface area (Å²) in [6.07, 6.45) is 0. The minimum absolute atomic E-state index is 0.192. The molecule has 17 heavy (non-hydrogen) atoms. The number of pyridine rings is 1. The summed E-state index contributed by atoms with van der Waals surface area (Å²) in [5.41, 5.74) is 0.536. The third-order valence-corrected chi connectivity index (χ3v) is 5.02. The summed E-state index contributed by atoms with van der Waals surface area (Å²) in [4.78, 5) is 16.2. The highest BCUT2D eigenvalue weighted by Crippen LogP contribution is 2.27. The van der Waals surface area contributed by atoms with Crippen LogP contribution in [-0.2, 0) is 9.84 Å². The molecule has 8 heteroatoms. The van der Waals surface area contributed by atoms with Crippen LogP contribution in [0.1, 0.15) is 5.69 Å². The summed E-state index contributed by atoms with van der Waals surface area (Å²) in [6.45, 7) is 1.65. The Bertz CT molecular complexity index is 715. The molecule has 0 radical (unpaired) electrons. The quantitative estimate of drug-likeness (QED) is 0.837. The van der Waals surface area contributed by atoms with Crippen molar-refractivity contribution < 1.29 is 13.5 Å². The van der Waals surface area contributed by atoms with Gasteiger partial charge < -0.3 is 5.11 Å². The molecule has 0 bridgehead atoms. The molecule has 2 rings (SSSR count). The van der Waals surface area contributed by atoms with Crippen molar-refractivity contribution in [2.75, 3.05) is 0 Å². The maximum absolute atomic E-state index is 12.0. The Kier molecular flexibility index (Phi) is 2.76. The van der Waals surface area contributed by atoms with Crippen molar-refractivity contribution in [1.82, 2.24) is 9.97 Å². The number of nitrogens with zero attached hydrogens (tertiary/aromatic N) is 1. The number of H-pyrrole nitrogens is 1. The van der Waals surface area contributed by atoms with Crippen LogP contribution < -0.4 is 4.87 Å². The van der Waals surface area contributed by atoms with Crippen LogP contribution in [0.15, 0.2) is 32.2 Å². The second kappa shape index (κ2) is 3.97. The lowest BCUT2D eigenvalue weighted by Crippen LogP contribution is -2.03. The fraction of sp³-hybridized carbons (Fsp3) is 0.111. The van der Waals surface area contributed by atoms with Gasteiger partial charge in [0.15, 0.2) is 9.24 Å². The van der Waals surface area contributed by atoms with E-state index in [1.807, 2.05) is 4.98 Å². The normalized spacial score (nSPS) is 11.6. The van der Waals surface area contributed by atoms with Crippen LogP contribution in [0.4, 0.5) is 0 Å². The van der Waals surface area contributed by atoms with Gasteiger partial charge in [0, 0.05) is 5.69 Å². The van der Waals surface area contributed by atoms with Gasteiger partial charge in [0.1, 0.15) is 0 Å². The first-order valence-electron chi connectivity index (χ1n) is 4.52. The highest BCUT2D eigenvalue weighted by molar-refractivity contribution is 7.93. The molecule has 2 N–H and O–H groups in total. The Labute approximate surface area is 101 Å². The van der Waals surface area contributed by atoms with Crippen molar-refractivity contribution in [2.45, 2.75) is 16.2 Å². The van der Waals surface area contributed by atoms with Crippen LogP contribution >= 0.6 is 11.3 Å². The molecule has 2 heterocycles. The molecule has 2 aromatic heterocycles. The molecule has 0 atom stereocenters. The van der Waals surface area contributed by atoms with Gasteiger partial charge in [0.25, 0.3) is 0 Å². The summed E-state index contributed by atoms with van der Waals surface area (Å²) in [5.74, 6) is -0.650. The summed E-state index contributed by atoms with van der Waals surface area (Å²) in [6, 6.07) is 4.51. The predicted octanol–water partition coefficient (Wildman–Crippen LogP) is 0.678. The van der Waals surface area contributed by atoms with E-state index in [0.29, 0.717) is 17.0 Å². The van der Waals surface area contributed by atoms with E-state index in [9.17, 15) is 18.3 Å². The van der Waals surface area contributed by atoms with Gasteiger partial charge >= 0.3 is 4.87 Å². The smallest absolute Gasteiger partial charge is 0.308 e. The third-order valence-electron chi connectivity index (χ3n) is 1.98. The second-order valence-corrected chi connectivity index (χ2v) is 6.35.